The van der Waals surface area contributed by atoms with Gasteiger partial charge in [0.1, 0.15) is 11.2 Å². The van der Waals surface area contributed by atoms with Crippen molar-refractivity contribution in [2.75, 3.05) is 0 Å². The Morgan fingerprint density at radius 3 is 2.08 bits per heavy atom. The maximum absolute atomic E-state index is 6.82. The molecule has 9 aromatic rings. The molecule has 0 saturated heterocycles. The first kappa shape index (κ1) is 30.0. The second kappa shape index (κ2) is 12.0. The lowest BCUT2D eigenvalue weighted by atomic mass is 9.78. The predicted molar refractivity (Wildman–Crippen MR) is 218 cm³/mol. The number of para-hydroxylation sites is 1. The van der Waals surface area contributed by atoms with Gasteiger partial charge in [0.2, 0.25) is 0 Å². The number of rotatable bonds is 4. The maximum Gasteiger partial charge on any atom is 0.164 e. The average Bonchev–Trinajstić information content (AvgIpc) is 3.63. The van der Waals surface area contributed by atoms with E-state index in [1.807, 2.05) is 24.3 Å². The Morgan fingerprint density at radius 2 is 1.19 bits per heavy atom. The monoisotopic (exact) mass is 679 g/mol. The summed E-state index contributed by atoms with van der Waals surface area (Å²) in [6.07, 6.45) is 11.3. The Hall–Kier alpha value is -6.65. The second-order valence-electron chi connectivity index (χ2n) is 14.1. The number of hydrogen-bond donors (Lipinski definition) is 0. The van der Waals surface area contributed by atoms with Crippen molar-refractivity contribution in [3.8, 4) is 34.2 Å². The van der Waals surface area contributed by atoms with Crippen LogP contribution in [0.3, 0.4) is 0 Å². The molecule has 0 spiro atoms. The van der Waals surface area contributed by atoms with Gasteiger partial charge in [0.05, 0.1) is 0 Å². The number of allylic oxidation sites excluding steroid dienone is 2. The van der Waals surface area contributed by atoms with Crippen LogP contribution in [-0.4, -0.2) is 15.0 Å². The molecule has 0 radical (unpaired) electrons. The summed E-state index contributed by atoms with van der Waals surface area (Å²) in [6.45, 7) is 0. The minimum Gasteiger partial charge on any atom is -0.455 e. The Labute approximate surface area is 306 Å². The van der Waals surface area contributed by atoms with E-state index >= 15 is 0 Å². The van der Waals surface area contributed by atoms with Crippen LogP contribution >= 0.6 is 0 Å². The van der Waals surface area contributed by atoms with Gasteiger partial charge in [-0.25, -0.2) is 15.0 Å². The molecule has 2 aromatic heterocycles. The topological polar surface area (TPSA) is 51.8 Å². The van der Waals surface area contributed by atoms with Gasteiger partial charge in [-0.1, -0.05) is 140 Å². The van der Waals surface area contributed by atoms with Crippen LogP contribution in [-0.2, 0) is 12.8 Å². The van der Waals surface area contributed by atoms with Gasteiger partial charge in [0.25, 0.3) is 0 Å². The van der Waals surface area contributed by atoms with Crippen molar-refractivity contribution in [3.63, 3.8) is 0 Å². The summed E-state index contributed by atoms with van der Waals surface area (Å²) in [5, 5.41) is 7.08. The van der Waals surface area contributed by atoms with E-state index in [9.17, 15) is 0 Å². The number of benzene rings is 7. The van der Waals surface area contributed by atoms with Crippen molar-refractivity contribution in [1.82, 2.24) is 15.0 Å². The lowest BCUT2D eigenvalue weighted by molar-refractivity contribution is 0.667. The molecule has 2 aliphatic rings. The van der Waals surface area contributed by atoms with Crippen LogP contribution in [0.1, 0.15) is 40.7 Å². The Kier molecular flexibility index (Phi) is 6.78. The number of furan rings is 1. The van der Waals surface area contributed by atoms with Crippen molar-refractivity contribution < 1.29 is 4.42 Å². The normalized spacial score (nSPS) is 13.8. The summed E-state index contributed by atoms with van der Waals surface area (Å²) < 4.78 is 6.82. The summed E-state index contributed by atoms with van der Waals surface area (Å²) in [5.74, 6) is 1.90. The molecule has 0 saturated carbocycles. The van der Waals surface area contributed by atoms with E-state index in [0.717, 1.165) is 75.3 Å². The minimum atomic E-state index is 0.622. The quantitative estimate of drug-likeness (QED) is 0.186. The molecule has 0 bridgehead atoms. The van der Waals surface area contributed by atoms with Gasteiger partial charge in [-0.3, -0.25) is 0 Å². The summed E-state index contributed by atoms with van der Waals surface area (Å²) >= 11 is 0. The standard InChI is InChI=1S/C49H33N3O/c1-2-13-31(14-3-1)47-50-48(34-25-24-30-12-4-5-15-32(30)28-34)52-49(51-47)42-22-11-23-44-45(42)41-21-10-20-35(46(41)53-44)33-26-27-40-38-18-7-6-16-36(38)37-17-8-9-19-39(37)43(40)29-33/h1-6,8-17,19-25,28-29H,7,18,26-27H2. The van der Waals surface area contributed by atoms with Crippen LogP contribution < -0.4 is 0 Å². The molecule has 0 unspecified atom stereocenters. The van der Waals surface area contributed by atoms with Gasteiger partial charge >= 0.3 is 0 Å². The third-order valence-electron chi connectivity index (χ3n) is 11.1. The van der Waals surface area contributed by atoms with Crippen molar-refractivity contribution >= 4 is 61.2 Å². The van der Waals surface area contributed by atoms with Crippen LogP contribution in [0, 0.1) is 0 Å². The van der Waals surface area contributed by atoms with Crippen molar-refractivity contribution in [2.24, 2.45) is 0 Å². The SMILES string of the molecule is C1=Cc2c(c3c(c4ccccc24)C=C(c2cccc4c2oc2cccc(-c5nc(-c6ccccc6)nc(-c6ccc7ccccc7c6)n5)c24)CC3)CC1. The fourth-order valence-electron chi connectivity index (χ4n) is 8.63. The molecule has 7 aromatic carbocycles. The van der Waals surface area contributed by atoms with Gasteiger partial charge in [-0.15, -0.1) is 0 Å². The highest BCUT2D eigenvalue weighted by atomic mass is 16.3. The largest absolute Gasteiger partial charge is 0.455 e. The highest BCUT2D eigenvalue weighted by Gasteiger charge is 2.25. The van der Waals surface area contributed by atoms with Crippen LogP contribution in [0.2, 0.25) is 0 Å². The molecule has 250 valence electrons. The van der Waals surface area contributed by atoms with Crippen LogP contribution in [0.5, 0.6) is 0 Å². The van der Waals surface area contributed by atoms with Crippen molar-refractivity contribution in [3.05, 3.63) is 167 Å². The zero-order valence-corrected chi connectivity index (χ0v) is 29.0. The first-order valence-corrected chi connectivity index (χ1v) is 18.5. The molecule has 2 heterocycles. The Bertz CT molecular complexity index is 3010. The minimum absolute atomic E-state index is 0.622. The summed E-state index contributed by atoms with van der Waals surface area (Å²) in [7, 11) is 0. The van der Waals surface area contributed by atoms with Gasteiger partial charge in [-0.2, -0.15) is 0 Å². The molecular formula is C49H33N3O. The highest BCUT2D eigenvalue weighted by molar-refractivity contribution is 6.15. The molecule has 4 heteroatoms. The van der Waals surface area contributed by atoms with Gasteiger partial charge in [-0.05, 0) is 87.2 Å². The van der Waals surface area contributed by atoms with E-state index in [4.69, 9.17) is 19.4 Å². The molecule has 2 aliphatic carbocycles. The lowest BCUT2D eigenvalue weighted by Gasteiger charge is -2.26. The molecular weight excluding hydrogens is 647 g/mol. The second-order valence-corrected chi connectivity index (χ2v) is 14.1. The van der Waals surface area contributed by atoms with E-state index in [2.05, 4.69) is 127 Å². The maximum atomic E-state index is 6.82. The number of aromatic nitrogens is 3. The Balaban J connectivity index is 1.10. The molecule has 0 atom stereocenters. The predicted octanol–water partition coefficient (Wildman–Crippen LogP) is 12.5. The number of fused-ring (bicyclic) bond motifs is 10. The third-order valence-corrected chi connectivity index (χ3v) is 11.1. The fourth-order valence-corrected chi connectivity index (χ4v) is 8.63. The smallest absolute Gasteiger partial charge is 0.164 e. The van der Waals surface area contributed by atoms with E-state index < -0.39 is 0 Å². The zero-order chi connectivity index (χ0) is 34.9. The van der Waals surface area contributed by atoms with Crippen molar-refractivity contribution in [2.45, 2.75) is 25.7 Å². The molecule has 0 aliphatic heterocycles. The van der Waals surface area contributed by atoms with Crippen LogP contribution in [0.15, 0.2) is 144 Å². The molecule has 0 amide bonds. The first-order valence-electron chi connectivity index (χ1n) is 18.5. The number of nitrogens with zero attached hydrogens (tertiary/aromatic N) is 3. The summed E-state index contributed by atoms with van der Waals surface area (Å²) in [6, 6.07) is 46.6. The van der Waals surface area contributed by atoms with Crippen LogP contribution in [0.4, 0.5) is 0 Å². The van der Waals surface area contributed by atoms with Crippen molar-refractivity contribution in [1.29, 1.82) is 0 Å². The average molecular weight is 680 g/mol. The molecule has 0 fully saturated rings. The summed E-state index contributed by atoms with van der Waals surface area (Å²) in [4.78, 5) is 15.3. The molecule has 0 N–H and O–H groups in total. The van der Waals surface area contributed by atoms with Gasteiger partial charge < -0.3 is 4.42 Å². The van der Waals surface area contributed by atoms with E-state index in [1.54, 1.807) is 0 Å². The van der Waals surface area contributed by atoms with Crippen LogP contribution in [0.25, 0.3) is 95.4 Å². The highest BCUT2D eigenvalue weighted by Crippen LogP contribution is 2.44. The summed E-state index contributed by atoms with van der Waals surface area (Å²) in [5.41, 5.74) is 12.8. The van der Waals surface area contributed by atoms with E-state index in [0.29, 0.717) is 17.5 Å². The van der Waals surface area contributed by atoms with Gasteiger partial charge in [0, 0.05) is 33.0 Å². The van der Waals surface area contributed by atoms with E-state index in [1.165, 1.54) is 44.0 Å². The molecule has 4 nitrogen and oxygen atoms in total. The fraction of sp³-hybridized carbons (Fsp3) is 0.0816. The molecule has 53 heavy (non-hydrogen) atoms. The number of hydrogen-bond acceptors (Lipinski definition) is 4. The van der Waals surface area contributed by atoms with E-state index in [-0.39, 0.29) is 0 Å². The van der Waals surface area contributed by atoms with Gasteiger partial charge in [0.15, 0.2) is 17.5 Å². The zero-order valence-electron chi connectivity index (χ0n) is 29.0. The first-order chi connectivity index (χ1) is 26.3. The lowest BCUT2D eigenvalue weighted by Crippen LogP contribution is -2.08. The molecule has 11 rings (SSSR count). The Morgan fingerprint density at radius 1 is 0.491 bits per heavy atom. The third kappa shape index (κ3) is 4.87.